The summed E-state index contributed by atoms with van der Waals surface area (Å²) >= 11 is 0. The Morgan fingerprint density at radius 3 is 2.05 bits per heavy atom. The molecule has 0 aliphatic carbocycles. The second-order valence-electron chi connectivity index (χ2n) is 4.74. The Balaban J connectivity index is 1.84. The zero-order valence-corrected chi connectivity index (χ0v) is 12.4. The van der Waals surface area contributed by atoms with Gasteiger partial charge < -0.3 is 9.47 Å². The molecule has 0 N–H and O–H groups in total. The quantitative estimate of drug-likeness (QED) is 0.723. The smallest absolute Gasteiger partial charge is 0.182 e. The van der Waals surface area contributed by atoms with Crippen LogP contribution < -0.4 is 9.47 Å². The minimum atomic E-state index is 0.596. The highest BCUT2D eigenvalue weighted by atomic mass is 16.5. The van der Waals surface area contributed by atoms with Crippen LogP contribution in [0.2, 0.25) is 0 Å². The van der Waals surface area contributed by atoms with Crippen LogP contribution in [0.4, 0.5) is 0 Å². The van der Waals surface area contributed by atoms with Crippen molar-refractivity contribution in [2.75, 3.05) is 14.2 Å². The van der Waals surface area contributed by atoms with Crippen LogP contribution in [0.25, 0.3) is 11.4 Å². The summed E-state index contributed by atoms with van der Waals surface area (Å²) in [7, 11) is 3.29. The molecular weight excluding hydrogens is 280 g/mol. The van der Waals surface area contributed by atoms with Crippen LogP contribution in [-0.4, -0.2) is 34.4 Å². The number of hydrogen-bond acceptors (Lipinski definition) is 5. The minimum absolute atomic E-state index is 0.596. The normalized spacial score (nSPS) is 10.5. The average molecular weight is 296 g/mol. The van der Waals surface area contributed by atoms with Gasteiger partial charge in [0.2, 0.25) is 0 Å². The van der Waals surface area contributed by atoms with Gasteiger partial charge in [0.25, 0.3) is 0 Å². The van der Waals surface area contributed by atoms with Crippen molar-refractivity contribution >= 4 is 0 Å². The van der Waals surface area contributed by atoms with Crippen LogP contribution in [0.15, 0.2) is 48.5 Å². The minimum Gasteiger partial charge on any atom is -0.497 e. The first-order valence-electron chi connectivity index (χ1n) is 6.83. The van der Waals surface area contributed by atoms with Crippen molar-refractivity contribution in [2.45, 2.75) is 6.54 Å². The summed E-state index contributed by atoms with van der Waals surface area (Å²) in [6.45, 7) is 0.596. The molecule has 0 aliphatic heterocycles. The van der Waals surface area contributed by atoms with E-state index in [9.17, 15) is 0 Å². The largest absolute Gasteiger partial charge is 0.497 e. The van der Waals surface area contributed by atoms with Crippen LogP contribution in [0.3, 0.4) is 0 Å². The molecule has 0 bridgehead atoms. The second-order valence-corrected chi connectivity index (χ2v) is 4.74. The van der Waals surface area contributed by atoms with Gasteiger partial charge in [-0.3, -0.25) is 0 Å². The van der Waals surface area contributed by atoms with E-state index < -0.39 is 0 Å². The number of tetrazole rings is 1. The Hall–Kier alpha value is -2.89. The lowest BCUT2D eigenvalue weighted by Gasteiger charge is -2.06. The Labute approximate surface area is 128 Å². The lowest BCUT2D eigenvalue weighted by atomic mass is 10.2. The topological polar surface area (TPSA) is 62.1 Å². The van der Waals surface area contributed by atoms with Crippen molar-refractivity contribution in [3.63, 3.8) is 0 Å². The lowest BCUT2D eigenvalue weighted by molar-refractivity contribution is 0.414. The van der Waals surface area contributed by atoms with Gasteiger partial charge in [0.1, 0.15) is 11.5 Å². The van der Waals surface area contributed by atoms with Crippen molar-refractivity contribution in [3.05, 3.63) is 54.1 Å². The fourth-order valence-corrected chi connectivity index (χ4v) is 2.16. The van der Waals surface area contributed by atoms with Crippen LogP contribution in [0.5, 0.6) is 11.5 Å². The maximum Gasteiger partial charge on any atom is 0.182 e. The summed E-state index contributed by atoms with van der Waals surface area (Å²) in [5, 5.41) is 12.0. The highest BCUT2D eigenvalue weighted by molar-refractivity contribution is 5.56. The summed E-state index contributed by atoms with van der Waals surface area (Å²) in [6.07, 6.45) is 0. The zero-order chi connectivity index (χ0) is 15.4. The molecule has 6 heteroatoms. The molecule has 3 rings (SSSR count). The first kappa shape index (κ1) is 14.1. The maximum absolute atomic E-state index is 5.16. The van der Waals surface area contributed by atoms with E-state index in [4.69, 9.17) is 9.47 Å². The molecule has 22 heavy (non-hydrogen) atoms. The first-order valence-corrected chi connectivity index (χ1v) is 6.83. The number of benzene rings is 2. The number of ether oxygens (including phenoxy) is 2. The van der Waals surface area contributed by atoms with Gasteiger partial charge in [0.05, 0.1) is 20.8 Å². The molecule has 0 spiro atoms. The van der Waals surface area contributed by atoms with E-state index in [0.717, 1.165) is 28.5 Å². The van der Waals surface area contributed by atoms with Crippen molar-refractivity contribution in [3.8, 4) is 22.9 Å². The Kier molecular flexibility index (Phi) is 4.00. The second kappa shape index (κ2) is 6.26. The fraction of sp³-hybridized carbons (Fsp3) is 0.188. The molecule has 1 heterocycles. The molecule has 1 aromatic heterocycles. The predicted octanol–water partition coefficient (Wildman–Crippen LogP) is 2.41. The van der Waals surface area contributed by atoms with Gasteiger partial charge >= 0.3 is 0 Å². The third-order valence-corrected chi connectivity index (χ3v) is 3.37. The Bertz CT molecular complexity index is 736. The standard InChI is InChI=1S/C16H16N4O2/c1-21-14-7-3-12(4-8-14)11-20-16(17-18-19-20)13-5-9-15(22-2)10-6-13/h3-10H,11H2,1-2H3. The monoisotopic (exact) mass is 296 g/mol. The molecule has 3 aromatic rings. The third-order valence-electron chi connectivity index (χ3n) is 3.37. The van der Waals surface area contributed by atoms with E-state index in [1.54, 1.807) is 18.9 Å². The summed E-state index contributed by atoms with van der Waals surface area (Å²) in [5.74, 6) is 2.35. The summed E-state index contributed by atoms with van der Waals surface area (Å²) in [4.78, 5) is 0. The molecule has 2 aromatic carbocycles. The number of aromatic nitrogens is 4. The molecule has 0 aliphatic rings. The van der Waals surface area contributed by atoms with E-state index in [2.05, 4.69) is 15.5 Å². The Morgan fingerprint density at radius 1 is 0.864 bits per heavy atom. The SMILES string of the molecule is COc1ccc(Cn2nnnc2-c2ccc(OC)cc2)cc1. The van der Waals surface area contributed by atoms with E-state index in [1.165, 1.54) is 0 Å². The van der Waals surface area contributed by atoms with Crippen LogP contribution >= 0.6 is 0 Å². The molecule has 0 unspecified atom stereocenters. The number of rotatable bonds is 5. The molecule has 0 saturated carbocycles. The highest BCUT2D eigenvalue weighted by Crippen LogP contribution is 2.20. The van der Waals surface area contributed by atoms with Crippen LogP contribution in [0, 0.1) is 0 Å². The van der Waals surface area contributed by atoms with Crippen molar-refractivity contribution in [1.29, 1.82) is 0 Å². The van der Waals surface area contributed by atoms with Gasteiger partial charge in [-0.1, -0.05) is 12.1 Å². The maximum atomic E-state index is 5.16. The number of hydrogen-bond donors (Lipinski definition) is 0. The zero-order valence-electron chi connectivity index (χ0n) is 12.4. The molecule has 0 radical (unpaired) electrons. The van der Waals surface area contributed by atoms with E-state index >= 15 is 0 Å². The third kappa shape index (κ3) is 2.90. The summed E-state index contributed by atoms with van der Waals surface area (Å²) < 4.78 is 12.1. The van der Waals surface area contributed by atoms with Crippen molar-refractivity contribution < 1.29 is 9.47 Å². The highest BCUT2D eigenvalue weighted by Gasteiger charge is 2.09. The molecule has 6 nitrogen and oxygen atoms in total. The van der Waals surface area contributed by atoms with Gasteiger partial charge in [-0.25, -0.2) is 4.68 Å². The molecule has 0 amide bonds. The van der Waals surface area contributed by atoms with Gasteiger partial charge in [-0.05, 0) is 52.4 Å². The van der Waals surface area contributed by atoms with Crippen LogP contribution in [-0.2, 0) is 6.54 Å². The van der Waals surface area contributed by atoms with Crippen molar-refractivity contribution in [2.24, 2.45) is 0 Å². The van der Waals surface area contributed by atoms with Gasteiger partial charge in [-0.15, -0.1) is 5.10 Å². The van der Waals surface area contributed by atoms with E-state index in [0.29, 0.717) is 6.54 Å². The molecular formula is C16H16N4O2. The predicted molar refractivity (Wildman–Crippen MR) is 81.9 cm³/mol. The van der Waals surface area contributed by atoms with Gasteiger partial charge in [0.15, 0.2) is 5.82 Å². The van der Waals surface area contributed by atoms with Crippen molar-refractivity contribution in [1.82, 2.24) is 20.2 Å². The fourth-order valence-electron chi connectivity index (χ4n) is 2.16. The molecule has 0 atom stereocenters. The lowest BCUT2D eigenvalue weighted by Crippen LogP contribution is -2.04. The Morgan fingerprint density at radius 2 is 1.45 bits per heavy atom. The van der Waals surface area contributed by atoms with Gasteiger partial charge in [0, 0.05) is 5.56 Å². The number of methoxy groups -OCH3 is 2. The number of nitrogens with zero attached hydrogens (tertiary/aromatic N) is 4. The van der Waals surface area contributed by atoms with E-state index in [-0.39, 0.29) is 0 Å². The van der Waals surface area contributed by atoms with E-state index in [1.807, 2.05) is 48.5 Å². The summed E-state index contributed by atoms with van der Waals surface area (Å²) in [6, 6.07) is 15.5. The first-order chi connectivity index (χ1) is 10.8. The van der Waals surface area contributed by atoms with Gasteiger partial charge in [-0.2, -0.15) is 0 Å². The molecule has 0 fully saturated rings. The molecule has 0 saturated heterocycles. The average Bonchev–Trinajstić information content (AvgIpc) is 3.04. The van der Waals surface area contributed by atoms with Crippen LogP contribution in [0.1, 0.15) is 5.56 Å². The summed E-state index contributed by atoms with van der Waals surface area (Å²) in [5.41, 5.74) is 2.04. The molecule has 112 valence electrons.